The fraction of sp³-hybridized carbons (Fsp3) is 0.500. The van der Waals surface area contributed by atoms with Crippen molar-refractivity contribution in [3.05, 3.63) is 64.5 Å². The average Bonchev–Trinajstić information content (AvgIpc) is 3.20. The molecule has 1 N–H and O–H groups in total. The number of nitrogens with one attached hydrogen (secondary N) is 1. The van der Waals surface area contributed by atoms with Crippen LogP contribution in [0.4, 0.5) is 4.39 Å². The minimum atomic E-state index is -0.405. The van der Waals surface area contributed by atoms with Gasteiger partial charge in [0.1, 0.15) is 11.6 Å². The van der Waals surface area contributed by atoms with E-state index in [0.717, 1.165) is 37.5 Å². The zero-order valence-electron chi connectivity index (χ0n) is 19.8. The van der Waals surface area contributed by atoms with E-state index in [0.29, 0.717) is 24.1 Å². The van der Waals surface area contributed by atoms with Crippen LogP contribution >= 0.6 is 0 Å². The topological polar surface area (TPSA) is 50.8 Å². The molecule has 3 atom stereocenters. The van der Waals surface area contributed by atoms with Crippen molar-refractivity contribution in [1.29, 1.82) is 0 Å². The molecule has 1 fully saturated rings. The number of carbonyl (C=O) groups excluding carboxylic acids is 1. The van der Waals surface area contributed by atoms with Crippen LogP contribution in [0.3, 0.4) is 0 Å². The highest BCUT2D eigenvalue weighted by molar-refractivity contribution is 5.94. The molecule has 0 aromatic heterocycles. The fourth-order valence-corrected chi connectivity index (χ4v) is 4.58. The number of halogens is 1. The Morgan fingerprint density at radius 1 is 1.25 bits per heavy atom. The van der Waals surface area contributed by atoms with Crippen LogP contribution < -0.4 is 10.1 Å². The molecular weight excluding hydrogens is 407 g/mol. The Bertz CT molecular complexity index is 933. The standard InChI is InChI=1S/C26H35FN2O3/c1-17-15-32-16-24(17)29(20(4)23-10-11-25(31-5)19(3)18(23)2)13-7-12-28-26(30)21-8-6-9-22(27)14-21/h6,8-11,14,17,20,24H,7,12-13,15-16H2,1-5H3,(H,28,30). The van der Waals surface area contributed by atoms with Gasteiger partial charge in [0.15, 0.2) is 0 Å². The van der Waals surface area contributed by atoms with E-state index in [4.69, 9.17) is 9.47 Å². The Kier molecular flexibility index (Phi) is 8.26. The van der Waals surface area contributed by atoms with Gasteiger partial charge >= 0.3 is 0 Å². The molecule has 1 saturated heterocycles. The first kappa shape index (κ1) is 24.2. The lowest BCUT2D eigenvalue weighted by Gasteiger charge is -2.37. The molecule has 1 amide bonds. The average molecular weight is 443 g/mol. The van der Waals surface area contributed by atoms with Gasteiger partial charge in [-0.15, -0.1) is 0 Å². The molecule has 2 aromatic rings. The monoisotopic (exact) mass is 442 g/mol. The number of hydrogen-bond donors (Lipinski definition) is 1. The quantitative estimate of drug-likeness (QED) is 0.574. The summed E-state index contributed by atoms with van der Waals surface area (Å²) in [6.07, 6.45) is 0.794. The van der Waals surface area contributed by atoms with Crippen LogP contribution in [0, 0.1) is 25.6 Å². The predicted octanol–water partition coefficient (Wildman–Crippen LogP) is 4.67. The molecule has 1 heterocycles. The molecule has 5 nitrogen and oxygen atoms in total. The number of methoxy groups -OCH3 is 1. The minimum absolute atomic E-state index is 0.202. The van der Waals surface area contributed by atoms with Crippen LogP contribution in [0.15, 0.2) is 36.4 Å². The highest BCUT2D eigenvalue weighted by atomic mass is 19.1. The summed E-state index contributed by atoms with van der Waals surface area (Å²) in [5.74, 6) is 0.697. The highest BCUT2D eigenvalue weighted by Crippen LogP contribution is 2.34. The van der Waals surface area contributed by atoms with Gasteiger partial charge in [0, 0.05) is 30.7 Å². The Morgan fingerprint density at radius 3 is 2.69 bits per heavy atom. The van der Waals surface area contributed by atoms with E-state index in [-0.39, 0.29) is 11.9 Å². The van der Waals surface area contributed by atoms with Gasteiger partial charge in [0.25, 0.3) is 5.91 Å². The second-order valence-corrected chi connectivity index (χ2v) is 8.72. The molecule has 0 bridgehead atoms. The number of hydrogen-bond acceptors (Lipinski definition) is 4. The summed E-state index contributed by atoms with van der Waals surface area (Å²) in [7, 11) is 1.70. The van der Waals surface area contributed by atoms with E-state index in [9.17, 15) is 9.18 Å². The van der Waals surface area contributed by atoms with Gasteiger partial charge in [0.05, 0.1) is 20.3 Å². The van der Waals surface area contributed by atoms with Crippen LogP contribution in [0.5, 0.6) is 5.75 Å². The molecule has 174 valence electrons. The molecule has 6 heteroatoms. The van der Waals surface area contributed by atoms with Gasteiger partial charge in [-0.3, -0.25) is 9.69 Å². The lowest BCUT2D eigenvalue weighted by atomic mass is 9.94. The number of rotatable bonds is 9. The molecule has 0 aliphatic carbocycles. The third-order valence-electron chi connectivity index (χ3n) is 6.66. The minimum Gasteiger partial charge on any atom is -0.496 e. The van der Waals surface area contributed by atoms with E-state index in [1.807, 2.05) is 6.07 Å². The van der Waals surface area contributed by atoms with Gasteiger partial charge in [-0.05, 0) is 74.1 Å². The maximum absolute atomic E-state index is 13.4. The molecule has 2 aromatic carbocycles. The molecule has 0 spiro atoms. The Labute approximate surface area is 190 Å². The third kappa shape index (κ3) is 5.48. The zero-order chi connectivity index (χ0) is 23.3. The first-order chi connectivity index (χ1) is 15.3. The Balaban J connectivity index is 1.68. The Hall–Kier alpha value is -2.44. The molecule has 0 saturated carbocycles. The molecule has 0 radical (unpaired) electrons. The van der Waals surface area contributed by atoms with Crippen molar-refractivity contribution in [2.75, 3.05) is 33.4 Å². The number of ether oxygens (including phenoxy) is 2. The lowest BCUT2D eigenvalue weighted by molar-refractivity contribution is 0.0931. The molecule has 3 rings (SSSR count). The van der Waals surface area contributed by atoms with Crippen molar-refractivity contribution in [3.63, 3.8) is 0 Å². The van der Waals surface area contributed by atoms with Crippen molar-refractivity contribution >= 4 is 5.91 Å². The van der Waals surface area contributed by atoms with Gasteiger partial charge in [-0.1, -0.05) is 19.1 Å². The summed E-state index contributed by atoms with van der Waals surface area (Å²) in [5.41, 5.74) is 4.03. The first-order valence-electron chi connectivity index (χ1n) is 11.3. The highest BCUT2D eigenvalue weighted by Gasteiger charge is 2.33. The molecular formula is C26H35FN2O3. The van der Waals surface area contributed by atoms with Crippen LogP contribution in [0.25, 0.3) is 0 Å². The summed E-state index contributed by atoms with van der Waals surface area (Å²) in [6, 6.07) is 10.5. The van der Waals surface area contributed by atoms with Gasteiger partial charge < -0.3 is 14.8 Å². The van der Waals surface area contributed by atoms with E-state index in [1.54, 1.807) is 19.2 Å². The van der Waals surface area contributed by atoms with Crippen LogP contribution in [0.1, 0.15) is 53.4 Å². The van der Waals surface area contributed by atoms with Crippen molar-refractivity contribution < 1.29 is 18.7 Å². The third-order valence-corrected chi connectivity index (χ3v) is 6.66. The number of carbonyl (C=O) groups is 1. The second kappa shape index (κ2) is 10.9. The van der Waals surface area contributed by atoms with Crippen molar-refractivity contribution in [2.24, 2.45) is 5.92 Å². The van der Waals surface area contributed by atoms with Crippen molar-refractivity contribution in [2.45, 2.75) is 46.2 Å². The van der Waals surface area contributed by atoms with Gasteiger partial charge in [0.2, 0.25) is 0 Å². The fourth-order valence-electron chi connectivity index (χ4n) is 4.58. The van der Waals surface area contributed by atoms with Gasteiger partial charge in [-0.25, -0.2) is 4.39 Å². The van der Waals surface area contributed by atoms with Crippen LogP contribution in [-0.2, 0) is 4.74 Å². The van der Waals surface area contributed by atoms with Gasteiger partial charge in [-0.2, -0.15) is 0 Å². The Morgan fingerprint density at radius 2 is 2.03 bits per heavy atom. The number of amides is 1. The van der Waals surface area contributed by atoms with E-state index < -0.39 is 5.82 Å². The summed E-state index contributed by atoms with van der Waals surface area (Å²) < 4.78 is 24.6. The lowest BCUT2D eigenvalue weighted by Crippen LogP contribution is -2.43. The van der Waals surface area contributed by atoms with E-state index in [1.165, 1.54) is 23.3 Å². The second-order valence-electron chi connectivity index (χ2n) is 8.72. The molecule has 1 aliphatic heterocycles. The summed E-state index contributed by atoms with van der Waals surface area (Å²) in [4.78, 5) is 14.8. The number of benzene rings is 2. The maximum Gasteiger partial charge on any atom is 0.251 e. The van der Waals surface area contributed by atoms with E-state index in [2.05, 4.69) is 44.0 Å². The van der Waals surface area contributed by atoms with E-state index >= 15 is 0 Å². The largest absolute Gasteiger partial charge is 0.496 e. The zero-order valence-corrected chi connectivity index (χ0v) is 19.8. The smallest absolute Gasteiger partial charge is 0.251 e. The maximum atomic E-state index is 13.4. The van der Waals surface area contributed by atoms with Crippen molar-refractivity contribution in [3.8, 4) is 5.75 Å². The normalized spacial score (nSPS) is 19.2. The predicted molar refractivity (Wildman–Crippen MR) is 125 cm³/mol. The van der Waals surface area contributed by atoms with Crippen LogP contribution in [-0.4, -0.2) is 50.3 Å². The summed E-state index contributed by atoms with van der Waals surface area (Å²) in [5, 5.41) is 2.92. The molecule has 32 heavy (non-hydrogen) atoms. The SMILES string of the molecule is COc1ccc(C(C)N(CCCNC(=O)c2cccc(F)c2)C2COCC2C)c(C)c1C. The first-order valence-corrected chi connectivity index (χ1v) is 11.3. The molecule has 3 unspecified atom stereocenters. The summed E-state index contributed by atoms with van der Waals surface area (Å²) >= 11 is 0. The number of nitrogens with zero attached hydrogens (tertiary/aromatic N) is 1. The molecule has 1 aliphatic rings. The van der Waals surface area contributed by atoms with Crippen molar-refractivity contribution in [1.82, 2.24) is 10.2 Å². The van der Waals surface area contributed by atoms with Crippen LogP contribution in [0.2, 0.25) is 0 Å². The summed E-state index contributed by atoms with van der Waals surface area (Å²) in [6.45, 7) is 11.6.